The van der Waals surface area contributed by atoms with Crippen molar-refractivity contribution in [3.05, 3.63) is 53.3 Å². The van der Waals surface area contributed by atoms with E-state index in [1.807, 2.05) is 0 Å². The molecule has 1 amide bonds. The summed E-state index contributed by atoms with van der Waals surface area (Å²) in [6, 6.07) is 5.96. The molecule has 1 fully saturated rings. The molecule has 2 N–H and O–H groups in total. The van der Waals surface area contributed by atoms with Crippen LogP contribution in [0.3, 0.4) is 0 Å². The summed E-state index contributed by atoms with van der Waals surface area (Å²) in [6.45, 7) is 0.902. The van der Waals surface area contributed by atoms with E-state index in [0.717, 1.165) is 12.5 Å². The number of ether oxygens (including phenoxy) is 2. The standard InChI is InChI=1S/C22H20F3N3O3/c1-28-19(29)22(27-20(28)26)10-21(5-2-6-30-11-21)31-17-4-3-12(7-15(17)22)14-8-13(23)9-16(24)18(14)25/h3-4,7-9H,2,5-6,10-11H2,1H3,(H2,26,27)/t21-,22-/m0/s1. The molecule has 2 atom stereocenters. The Kier molecular flexibility index (Phi) is 4.30. The molecule has 9 heteroatoms. The van der Waals surface area contributed by atoms with Gasteiger partial charge in [0.05, 0.1) is 6.61 Å². The molecular formula is C22H20F3N3O3. The number of fused-ring (bicyclic) bond motifs is 2. The van der Waals surface area contributed by atoms with Gasteiger partial charge in [-0.1, -0.05) is 6.07 Å². The molecular weight excluding hydrogens is 411 g/mol. The van der Waals surface area contributed by atoms with Gasteiger partial charge in [0.15, 0.2) is 23.1 Å². The Bertz CT molecular complexity index is 1130. The summed E-state index contributed by atoms with van der Waals surface area (Å²) in [5.74, 6) is -3.29. The Hall–Kier alpha value is -3.07. The largest absolute Gasteiger partial charge is 0.484 e. The van der Waals surface area contributed by atoms with E-state index >= 15 is 0 Å². The van der Waals surface area contributed by atoms with Crippen LogP contribution in [0.1, 0.15) is 24.8 Å². The van der Waals surface area contributed by atoms with Gasteiger partial charge in [-0.05, 0) is 36.6 Å². The number of guanidine groups is 1. The van der Waals surface area contributed by atoms with Gasteiger partial charge in [0.25, 0.3) is 5.91 Å². The van der Waals surface area contributed by atoms with Gasteiger partial charge >= 0.3 is 0 Å². The van der Waals surface area contributed by atoms with E-state index in [1.165, 1.54) is 24.1 Å². The monoisotopic (exact) mass is 431 g/mol. The minimum atomic E-state index is -1.38. The second-order valence-electron chi connectivity index (χ2n) is 8.27. The molecule has 0 radical (unpaired) electrons. The molecule has 0 bridgehead atoms. The van der Waals surface area contributed by atoms with Gasteiger partial charge < -0.3 is 15.2 Å². The molecule has 5 rings (SSSR count). The summed E-state index contributed by atoms with van der Waals surface area (Å²) in [5, 5.41) is 0. The maximum absolute atomic E-state index is 14.4. The second kappa shape index (κ2) is 6.71. The summed E-state index contributed by atoms with van der Waals surface area (Å²) in [7, 11) is 1.53. The lowest BCUT2D eigenvalue weighted by Gasteiger charge is -2.46. The van der Waals surface area contributed by atoms with Gasteiger partial charge in [0.1, 0.15) is 17.2 Å². The molecule has 6 nitrogen and oxygen atoms in total. The minimum Gasteiger partial charge on any atom is -0.484 e. The van der Waals surface area contributed by atoms with Crippen LogP contribution in [-0.2, 0) is 15.1 Å². The maximum atomic E-state index is 14.4. The third-order valence-corrected chi connectivity index (χ3v) is 6.23. The van der Waals surface area contributed by atoms with Crippen LogP contribution < -0.4 is 10.5 Å². The van der Waals surface area contributed by atoms with E-state index in [2.05, 4.69) is 4.99 Å². The normalized spacial score (nSPS) is 27.4. The lowest BCUT2D eigenvalue weighted by molar-refractivity contribution is -0.139. The Balaban J connectivity index is 1.71. The number of likely N-dealkylation sites (N-methyl/N-ethyl adjacent to an activating group) is 1. The lowest BCUT2D eigenvalue weighted by atomic mass is 9.74. The Morgan fingerprint density at radius 2 is 2.00 bits per heavy atom. The molecule has 3 aliphatic rings. The van der Waals surface area contributed by atoms with Gasteiger partial charge in [-0.3, -0.25) is 9.69 Å². The second-order valence-corrected chi connectivity index (χ2v) is 8.27. The molecule has 0 unspecified atom stereocenters. The highest BCUT2D eigenvalue weighted by atomic mass is 19.2. The number of hydrogen-bond donors (Lipinski definition) is 1. The molecule has 0 aliphatic carbocycles. The summed E-state index contributed by atoms with van der Waals surface area (Å²) in [5.41, 5.74) is 4.17. The van der Waals surface area contributed by atoms with Crippen molar-refractivity contribution in [2.75, 3.05) is 20.3 Å². The fourth-order valence-electron chi connectivity index (χ4n) is 4.74. The van der Waals surface area contributed by atoms with Crippen LogP contribution >= 0.6 is 0 Å². The van der Waals surface area contributed by atoms with Crippen LogP contribution in [-0.4, -0.2) is 42.6 Å². The van der Waals surface area contributed by atoms with Crippen LogP contribution in [0.5, 0.6) is 5.75 Å². The van der Waals surface area contributed by atoms with Crippen molar-refractivity contribution in [3.8, 4) is 16.9 Å². The first-order valence-electron chi connectivity index (χ1n) is 9.94. The fraction of sp³-hybridized carbons (Fsp3) is 0.364. The Morgan fingerprint density at radius 3 is 2.68 bits per heavy atom. The molecule has 0 saturated carbocycles. The Labute approximate surface area is 176 Å². The number of carbonyl (C=O) groups is 1. The molecule has 2 aromatic rings. The van der Waals surface area contributed by atoms with E-state index in [4.69, 9.17) is 15.2 Å². The highest BCUT2D eigenvalue weighted by molar-refractivity contribution is 6.07. The maximum Gasteiger partial charge on any atom is 0.261 e. The molecule has 2 spiro atoms. The quantitative estimate of drug-likeness (QED) is 0.704. The smallest absolute Gasteiger partial charge is 0.261 e. The van der Waals surface area contributed by atoms with Crippen LogP contribution in [0.2, 0.25) is 0 Å². The van der Waals surface area contributed by atoms with Crippen molar-refractivity contribution in [1.29, 1.82) is 0 Å². The SMILES string of the molecule is CN1C(=O)[C@@]2(C[C@]3(CCCOC3)Oc3ccc(-c4cc(F)cc(F)c4F)cc32)N=C1N. The molecule has 31 heavy (non-hydrogen) atoms. The van der Waals surface area contributed by atoms with Gasteiger partial charge in [-0.15, -0.1) is 0 Å². The molecule has 0 aromatic heterocycles. The topological polar surface area (TPSA) is 77.2 Å². The molecule has 2 aromatic carbocycles. The third kappa shape index (κ3) is 2.90. The zero-order chi connectivity index (χ0) is 22.0. The van der Waals surface area contributed by atoms with Crippen LogP contribution in [0.25, 0.3) is 11.1 Å². The molecule has 3 heterocycles. The van der Waals surface area contributed by atoms with E-state index in [9.17, 15) is 18.0 Å². The summed E-state index contributed by atoms with van der Waals surface area (Å²) < 4.78 is 54.0. The zero-order valence-electron chi connectivity index (χ0n) is 16.8. The van der Waals surface area contributed by atoms with Crippen molar-refractivity contribution in [1.82, 2.24) is 4.90 Å². The van der Waals surface area contributed by atoms with Crippen LogP contribution in [0, 0.1) is 17.5 Å². The van der Waals surface area contributed by atoms with Crippen LogP contribution in [0.15, 0.2) is 35.3 Å². The fourth-order valence-corrected chi connectivity index (χ4v) is 4.74. The first kappa shape index (κ1) is 19.9. The first-order chi connectivity index (χ1) is 14.7. The number of aliphatic imine (C=N–C) groups is 1. The number of nitrogens with zero attached hydrogens (tertiary/aromatic N) is 2. The molecule has 1 saturated heterocycles. The molecule has 3 aliphatic heterocycles. The van der Waals surface area contributed by atoms with Crippen molar-refractivity contribution in [2.24, 2.45) is 10.7 Å². The van der Waals surface area contributed by atoms with Crippen molar-refractivity contribution in [3.63, 3.8) is 0 Å². The summed E-state index contributed by atoms with van der Waals surface area (Å²) >= 11 is 0. The average molecular weight is 431 g/mol. The third-order valence-electron chi connectivity index (χ3n) is 6.23. The number of hydrogen-bond acceptors (Lipinski definition) is 5. The number of benzene rings is 2. The summed E-state index contributed by atoms with van der Waals surface area (Å²) in [4.78, 5) is 19.1. The van der Waals surface area contributed by atoms with Crippen molar-refractivity contribution < 1.29 is 27.4 Å². The predicted octanol–water partition coefficient (Wildman–Crippen LogP) is 3.08. The van der Waals surface area contributed by atoms with E-state index in [1.54, 1.807) is 6.07 Å². The van der Waals surface area contributed by atoms with Crippen LogP contribution in [0.4, 0.5) is 13.2 Å². The first-order valence-corrected chi connectivity index (χ1v) is 9.94. The number of carbonyl (C=O) groups excluding carboxylic acids is 1. The minimum absolute atomic E-state index is 0.0538. The van der Waals surface area contributed by atoms with E-state index in [0.29, 0.717) is 37.0 Å². The van der Waals surface area contributed by atoms with Crippen molar-refractivity contribution in [2.45, 2.75) is 30.4 Å². The highest BCUT2D eigenvalue weighted by Gasteiger charge is 2.58. The van der Waals surface area contributed by atoms with Gasteiger partial charge in [-0.2, -0.15) is 0 Å². The number of amides is 1. The zero-order valence-corrected chi connectivity index (χ0v) is 16.8. The number of halogens is 3. The number of rotatable bonds is 1. The van der Waals surface area contributed by atoms with Gasteiger partial charge in [0, 0.05) is 37.3 Å². The van der Waals surface area contributed by atoms with E-state index in [-0.39, 0.29) is 29.4 Å². The highest BCUT2D eigenvalue weighted by Crippen LogP contribution is 2.52. The Morgan fingerprint density at radius 1 is 1.19 bits per heavy atom. The molecule has 162 valence electrons. The average Bonchev–Trinajstić information content (AvgIpc) is 2.95. The van der Waals surface area contributed by atoms with E-state index < -0.39 is 28.6 Å². The van der Waals surface area contributed by atoms with Crippen molar-refractivity contribution >= 4 is 11.9 Å². The van der Waals surface area contributed by atoms with Gasteiger partial charge in [-0.25, -0.2) is 18.2 Å². The van der Waals surface area contributed by atoms with Gasteiger partial charge in [0.2, 0.25) is 0 Å². The number of nitrogens with two attached hydrogens (primary N) is 1. The lowest BCUT2D eigenvalue weighted by Crippen LogP contribution is -2.55. The predicted molar refractivity (Wildman–Crippen MR) is 106 cm³/mol. The summed E-state index contributed by atoms with van der Waals surface area (Å²) in [6.07, 6.45) is 1.63.